The molecule has 4 aromatic rings. The van der Waals surface area contributed by atoms with Gasteiger partial charge in [-0.3, -0.25) is 0 Å². The van der Waals surface area contributed by atoms with E-state index in [1.54, 1.807) is 11.1 Å². The van der Waals surface area contributed by atoms with Gasteiger partial charge in [0.1, 0.15) is 11.2 Å². The van der Waals surface area contributed by atoms with Gasteiger partial charge in [-0.1, -0.05) is 43.4 Å². The summed E-state index contributed by atoms with van der Waals surface area (Å²) in [4.78, 5) is 4.74. The first-order valence-electron chi connectivity index (χ1n) is 9.70. The van der Waals surface area contributed by atoms with Crippen molar-refractivity contribution in [1.82, 2.24) is 4.98 Å². The molecule has 2 aromatic heterocycles. The number of benzene rings is 2. The van der Waals surface area contributed by atoms with E-state index in [1.165, 1.54) is 32.1 Å². The molecule has 2 nitrogen and oxygen atoms in total. The first-order chi connectivity index (χ1) is 12.9. The predicted octanol–water partition coefficient (Wildman–Crippen LogP) is 6.59. The van der Waals surface area contributed by atoms with Gasteiger partial charge in [0.2, 0.25) is 0 Å². The van der Waals surface area contributed by atoms with Crippen LogP contribution in [0.25, 0.3) is 33.2 Å². The Morgan fingerprint density at radius 2 is 1.70 bits per heavy atom. The topological polar surface area (TPSA) is 26.0 Å². The van der Waals surface area contributed by atoms with Crippen LogP contribution in [0, 0.1) is 6.07 Å². The maximum atomic E-state index is 6.04. The first kappa shape index (κ1) is 17.2. The maximum absolute atomic E-state index is 6.04. The van der Waals surface area contributed by atoms with Crippen LogP contribution in [0.1, 0.15) is 55.1 Å². The normalized spacial score (nSPS) is 21.0. The van der Waals surface area contributed by atoms with E-state index in [-0.39, 0.29) is 20.1 Å². The first-order valence-corrected chi connectivity index (χ1v) is 9.70. The van der Waals surface area contributed by atoms with Gasteiger partial charge in [0.05, 0.1) is 0 Å². The van der Waals surface area contributed by atoms with Gasteiger partial charge in [0.25, 0.3) is 0 Å². The summed E-state index contributed by atoms with van der Waals surface area (Å²) >= 11 is 0. The average molecular weight is 531 g/mol. The summed E-state index contributed by atoms with van der Waals surface area (Å²) in [6.07, 6.45) is 8.69. The molecule has 3 aliphatic rings. The number of para-hydroxylation sites is 1. The van der Waals surface area contributed by atoms with Crippen molar-refractivity contribution in [3.8, 4) is 11.3 Å². The van der Waals surface area contributed by atoms with Crippen molar-refractivity contribution in [1.29, 1.82) is 0 Å². The minimum Gasteiger partial charge on any atom is -0.457 e. The largest absolute Gasteiger partial charge is 0.457 e. The Bertz CT molecular complexity index is 1140. The molecule has 137 valence electrons. The summed E-state index contributed by atoms with van der Waals surface area (Å²) in [5.41, 5.74) is 6.98. The molecule has 3 aliphatic carbocycles. The number of hydrogen-bond donors (Lipinski definition) is 0. The minimum absolute atomic E-state index is 0. The zero-order chi connectivity index (χ0) is 17.1. The molecule has 1 saturated carbocycles. The second-order valence-corrected chi connectivity index (χ2v) is 7.82. The summed E-state index contributed by atoms with van der Waals surface area (Å²) in [5, 5.41) is 2.21. The molecule has 0 amide bonds. The Balaban J connectivity index is 0.00000160. The summed E-state index contributed by atoms with van der Waals surface area (Å²) in [7, 11) is 0. The Morgan fingerprint density at radius 1 is 0.889 bits per heavy atom. The molecule has 0 spiro atoms. The van der Waals surface area contributed by atoms with Crippen LogP contribution in [-0.2, 0) is 20.1 Å². The van der Waals surface area contributed by atoms with Crippen LogP contribution in [0.4, 0.5) is 0 Å². The van der Waals surface area contributed by atoms with Gasteiger partial charge in [0, 0.05) is 37.1 Å². The number of furan rings is 1. The molecule has 2 atom stereocenters. The Hall–Kier alpha value is -1.96. The van der Waals surface area contributed by atoms with Gasteiger partial charge in [-0.15, -0.1) is 34.9 Å². The van der Waals surface area contributed by atoms with Crippen molar-refractivity contribution in [2.75, 3.05) is 0 Å². The summed E-state index contributed by atoms with van der Waals surface area (Å²) < 4.78 is 6.04. The molecule has 1 radical (unpaired) electrons. The SMILES string of the molecule is [Ir].[c-]1cc2c(cc1-c1cc3oc4ccccc4c3cn1)C1CCCC2CC1. The van der Waals surface area contributed by atoms with Crippen LogP contribution < -0.4 is 0 Å². The molecular weight excluding hydrogens is 510 g/mol. The summed E-state index contributed by atoms with van der Waals surface area (Å²) in [5.74, 6) is 1.48. The van der Waals surface area contributed by atoms with Gasteiger partial charge in [-0.25, -0.2) is 0 Å². The standard InChI is InChI=1S/C24H20NO.Ir/c1-2-7-23-19(6-1)21-14-25-22(13-24(21)26-23)17-10-11-18-15-4-3-5-16(9-8-15)20(18)12-17;/h1-2,6-7,11-16H,3-5,8-9H2;/q-1;. The van der Waals surface area contributed by atoms with Gasteiger partial charge in [-0.05, 0) is 36.6 Å². The van der Waals surface area contributed by atoms with E-state index in [1.807, 2.05) is 24.4 Å². The van der Waals surface area contributed by atoms with E-state index in [0.29, 0.717) is 0 Å². The monoisotopic (exact) mass is 531 g/mol. The molecule has 0 saturated heterocycles. The number of pyridine rings is 1. The zero-order valence-electron chi connectivity index (χ0n) is 15.0. The quantitative estimate of drug-likeness (QED) is 0.260. The van der Waals surface area contributed by atoms with E-state index < -0.39 is 0 Å². The van der Waals surface area contributed by atoms with Gasteiger partial charge >= 0.3 is 0 Å². The maximum Gasteiger partial charge on any atom is 0.135 e. The van der Waals surface area contributed by atoms with E-state index in [9.17, 15) is 0 Å². The number of aromatic nitrogens is 1. The number of nitrogens with zero attached hydrogens (tertiary/aromatic N) is 1. The predicted molar refractivity (Wildman–Crippen MR) is 104 cm³/mol. The van der Waals surface area contributed by atoms with E-state index in [0.717, 1.165) is 45.0 Å². The zero-order valence-corrected chi connectivity index (χ0v) is 17.4. The van der Waals surface area contributed by atoms with Crippen molar-refractivity contribution in [2.45, 2.75) is 43.9 Å². The fraction of sp³-hybridized carbons (Fsp3) is 0.292. The molecule has 27 heavy (non-hydrogen) atoms. The van der Waals surface area contributed by atoms with Crippen molar-refractivity contribution in [3.63, 3.8) is 0 Å². The molecule has 1 fully saturated rings. The molecule has 2 aromatic carbocycles. The molecule has 0 N–H and O–H groups in total. The molecular formula is C24H20IrNO-. The second-order valence-electron chi connectivity index (χ2n) is 7.82. The van der Waals surface area contributed by atoms with Crippen molar-refractivity contribution in [3.05, 3.63) is 65.9 Å². The van der Waals surface area contributed by atoms with E-state index in [2.05, 4.69) is 30.3 Å². The van der Waals surface area contributed by atoms with Gasteiger partial charge in [-0.2, -0.15) is 0 Å². The fourth-order valence-corrected chi connectivity index (χ4v) is 5.07. The minimum atomic E-state index is 0. The van der Waals surface area contributed by atoms with Gasteiger partial charge < -0.3 is 9.40 Å². The summed E-state index contributed by atoms with van der Waals surface area (Å²) in [6.45, 7) is 0. The Kier molecular flexibility index (Phi) is 4.18. The van der Waals surface area contributed by atoms with Crippen molar-refractivity contribution < 1.29 is 24.5 Å². The third kappa shape index (κ3) is 2.68. The Labute approximate surface area is 172 Å². The van der Waals surface area contributed by atoms with E-state index >= 15 is 0 Å². The Morgan fingerprint density at radius 3 is 2.59 bits per heavy atom. The third-order valence-electron chi connectivity index (χ3n) is 6.40. The fourth-order valence-electron chi connectivity index (χ4n) is 5.07. The van der Waals surface area contributed by atoms with Gasteiger partial charge in [0.15, 0.2) is 0 Å². The van der Waals surface area contributed by atoms with Crippen LogP contribution in [0.5, 0.6) is 0 Å². The number of fused-ring (bicyclic) bond motifs is 6. The molecule has 2 unspecified atom stereocenters. The number of rotatable bonds is 1. The van der Waals surface area contributed by atoms with Crippen LogP contribution >= 0.6 is 0 Å². The molecule has 2 heterocycles. The average Bonchev–Trinajstić information content (AvgIpc) is 2.82. The van der Waals surface area contributed by atoms with Crippen LogP contribution in [0.15, 0.2) is 53.1 Å². The third-order valence-corrected chi connectivity index (χ3v) is 6.40. The van der Waals surface area contributed by atoms with Crippen molar-refractivity contribution in [2.24, 2.45) is 0 Å². The van der Waals surface area contributed by atoms with Crippen LogP contribution in [0.3, 0.4) is 0 Å². The summed E-state index contributed by atoms with van der Waals surface area (Å²) in [6, 6.07) is 18.4. The smallest absolute Gasteiger partial charge is 0.135 e. The molecule has 0 aliphatic heterocycles. The van der Waals surface area contributed by atoms with Crippen LogP contribution in [-0.4, -0.2) is 4.98 Å². The second kappa shape index (κ2) is 6.58. The molecule has 3 heteroatoms. The molecule has 7 rings (SSSR count). The number of hydrogen-bond acceptors (Lipinski definition) is 2. The van der Waals surface area contributed by atoms with E-state index in [4.69, 9.17) is 9.40 Å². The van der Waals surface area contributed by atoms with Crippen molar-refractivity contribution >= 4 is 21.9 Å². The van der Waals surface area contributed by atoms with Crippen LogP contribution in [0.2, 0.25) is 0 Å². The molecule has 2 bridgehead atoms.